The Hall–Kier alpha value is -1.51. The zero-order valence-electron chi connectivity index (χ0n) is 9.40. The molecule has 1 aromatic rings. The fourth-order valence-electron chi connectivity index (χ4n) is 1.62. The van der Waals surface area contributed by atoms with Crippen LogP contribution in [-0.4, -0.2) is 23.7 Å². The van der Waals surface area contributed by atoms with E-state index in [9.17, 15) is 4.79 Å². The summed E-state index contributed by atoms with van der Waals surface area (Å²) in [6.07, 6.45) is 0. The van der Waals surface area contributed by atoms with Crippen molar-refractivity contribution in [3.8, 4) is 0 Å². The number of benzene rings is 1. The highest BCUT2D eigenvalue weighted by Crippen LogP contribution is 2.18. The van der Waals surface area contributed by atoms with Gasteiger partial charge in [-0.05, 0) is 38.5 Å². The van der Waals surface area contributed by atoms with Crippen molar-refractivity contribution in [2.75, 3.05) is 11.4 Å². The molecule has 0 spiro atoms. The molecular formula is C12H17NO2. The molecule has 0 aromatic heterocycles. The van der Waals surface area contributed by atoms with Crippen LogP contribution in [0.3, 0.4) is 0 Å². The lowest BCUT2D eigenvalue weighted by Crippen LogP contribution is -2.38. The molecule has 0 radical (unpaired) electrons. The van der Waals surface area contributed by atoms with Crippen molar-refractivity contribution in [2.24, 2.45) is 0 Å². The first-order valence-corrected chi connectivity index (χ1v) is 5.12. The maximum absolute atomic E-state index is 10.9. The number of hydrogen-bond acceptors (Lipinski definition) is 2. The van der Waals surface area contributed by atoms with Crippen molar-refractivity contribution in [1.82, 2.24) is 0 Å². The summed E-state index contributed by atoms with van der Waals surface area (Å²) in [5, 5.41) is 8.97. The molecular weight excluding hydrogens is 190 g/mol. The van der Waals surface area contributed by atoms with E-state index in [1.165, 1.54) is 0 Å². The Bertz CT molecular complexity index is 349. The fourth-order valence-corrected chi connectivity index (χ4v) is 1.62. The molecule has 15 heavy (non-hydrogen) atoms. The van der Waals surface area contributed by atoms with Crippen molar-refractivity contribution < 1.29 is 9.90 Å². The van der Waals surface area contributed by atoms with E-state index in [1.807, 2.05) is 43.0 Å². The number of aryl methyl sites for hydroxylation is 1. The first kappa shape index (κ1) is 11.6. The standard InChI is InChI=1S/C12H17NO2/c1-4-13(10(3)12(14)15)11-7-5-6-9(2)8-11/h5-8,10H,4H2,1-3H3,(H,14,15)/t10-/m0/s1. The molecule has 0 saturated heterocycles. The van der Waals surface area contributed by atoms with Crippen LogP contribution in [0.15, 0.2) is 24.3 Å². The SMILES string of the molecule is CCN(c1cccc(C)c1)[C@@H](C)C(=O)O. The van der Waals surface area contributed by atoms with Crippen molar-refractivity contribution in [3.05, 3.63) is 29.8 Å². The average Bonchev–Trinajstić information content (AvgIpc) is 2.18. The third-order valence-corrected chi connectivity index (χ3v) is 2.50. The summed E-state index contributed by atoms with van der Waals surface area (Å²) >= 11 is 0. The number of anilines is 1. The van der Waals surface area contributed by atoms with Crippen LogP contribution < -0.4 is 4.90 Å². The van der Waals surface area contributed by atoms with Crippen molar-refractivity contribution in [1.29, 1.82) is 0 Å². The second kappa shape index (κ2) is 4.82. The van der Waals surface area contributed by atoms with E-state index in [2.05, 4.69) is 0 Å². The largest absolute Gasteiger partial charge is 0.480 e. The Morgan fingerprint density at radius 3 is 2.67 bits per heavy atom. The molecule has 82 valence electrons. The number of aliphatic carboxylic acids is 1. The van der Waals surface area contributed by atoms with E-state index in [0.29, 0.717) is 6.54 Å². The van der Waals surface area contributed by atoms with Crippen LogP contribution in [0.2, 0.25) is 0 Å². The summed E-state index contributed by atoms with van der Waals surface area (Å²) in [6.45, 7) is 6.36. The second-order valence-electron chi connectivity index (χ2n) is 3.64. The van der Waals surface area contributed by atoms with E-state index >= 15 is 0 Å². The van der Waals surface area contributed by atoms with Gasteiger partial charge in [-0.2, -0.15) is 0 Å². The molecule has 0 unspecified atom stereocenters. The fraction of sp³-hybridized carbons (Fsp3) is 0.417. The van der Waals surface area contributed by atoms with Gasteiger partial charge in [0, 0.05) is 12.2 Å². The normalized spacial score (nSPS) is 12.2. The van der Waals surface area contributed by atoms with Gasteiger partial charge < -0.3 is 10.0 Å². The van der Waals surface area contributed by atoms with Crippen LogP contribution in [0.1, 0.15) is 19.4 Å². The molecule has 0 heterocycles. The topological polar surface area (TPSA) is 40.5 Å². The number of hydrogen-bond donors (Lipinski definition) is 1. The Kier molecular flexibility index (Phi) is 3.72. The molecule has 3 nitrogen and oxygen atoms in total. The molecule has 1 atom stereocenters. The first-order chi connectivity index (χ1) is 7.06. The molecule has 0 aliphatic heterocycles. The number of carbonyl (C=O) groups is 1. The molecule has 0 aliphatic carbocycles. The maximum atomic E-state index is 10.9. The minimum absolute atomic E-state index is 0.489. The highest BCUT2D eigenvalue weighted by Gasteiger charge is 2.19. The van der Waals surface area contributed by atoms with Crippen LogP contribution in [-0.2, 0) is 4.79 Å². The predicted molar refractivity (Wildman–Crippen MR) is 61.3 cm³/mol. The summed E-state index contributed by atoms with van der Waals surface area (Å²) in [5.41, 5.74) is 2.11. The van der Waals surface area contributed by atoms with Crippen LogP contribution in [0.25, 0.3) is 0 Å². The van der Waals surface area contributed by atoms with Crippen molar-refractivity contribution in [2.45, 2.75) is 26.8 Å². The monoisotopic (exact) mass is 207 g/mol. The highest BCUT2D eigenvalue weighted by molar-refractivity contribution is 5.77. The van der Waals surface area contributed by atoms with Gasteiger partial charge >= 0.3 is 5.97 Å². The minimum atomic E-state index is -0.793. The lowest BCUT2D eigenvalue weighted by atomic mass is 10.1. The van der Waals surface area contributed by atoms with Crippen LogP contribution in [0.4, 0.5) is 5.69 Å². The molecule has 1 rings (SSSR count). The Balaban J connectivity index is 2.97. The molecule has 1 aromatic carbocycles. The van der Waals surface area contributed by atoms with Crippen molar-refractivity contribution >= 4 is 11.7 Å². The van der Waals surface area contributed by atoms with Gasteiger partial charge in [0.25, 0.3) is 0 Å². The summed E-state index contributed by atoms with van der Waals surface area (Å²) in [7, 11) is 0. The first-order valence-electron chi connectivity index (χ1n) is 5.12. The van der Waals surface area contributed by atoms with Gasteiger partial charge in [0.2, 0.25) is 0 Å². The van der Waals surface area contributed by atoms with Gasteiger partial charge in [0.05, 0.1) is 0 Å². The van der Waals surface area contributed by atoms with Crippen LogP contribution in [0.5, 0.6) is 0 Å². The number of carboxylic acids is 1. The van der Waals surface area contributed by atoms with Gasteiger partial charge in [-0.3, -0.25) is 0 Å². The smallest absolute Gasteiger partial charge is 0.326 e. The van der Waals surface area contributed by atoms with Gasteiger partial charge in [-0.1, -0.05) is 12.1 Å². The quantitative estimate of drug-likeness (QED) is 0.823. The van der Waals surface area contributed by atoms with E-state index in [-0.39, 0.29) is 0 Å². The summed E-state index contributed by atoms with van der Waals surface area (Å²) in [4.78, 5) is 12.8. The van der Waals surface area contributed by atoms with Gasteiger partial charge in [-0.15, -0.1) is 0 Å². The van der Waals surface area contributed by atoms with Gasteiger partial charge in [0.1, 0.15) is 6.04 Å². The van der Waals surface area contributed by atoms with Crippen LogP contribution >= 0.6 is 0 Å². The summed E-state index contributed by atoms with van der Waals surface area (Å²) < 4.78 is 0. The third-order valence-electron chi connectivity index (χ3n) is 2.50. The molecule has 3 heteroatoms. The van der Waals surface area contributed by atoms with E-state index in [1.54, 1.807) is 6.92 Å². The predicted octanol–water partition coefficient (Wildman–Crippen LogP) is 2.29. The molecule has 1 N–H and O–H groups in total. The Morgan fingerprint density at radius 1 is 1.53 bits per heavy atom. The zero-order valence-corrected chi connectivity index (χ0v) is 9.40. The Labute approximate surface area is 90.3 Å². The highest BCUT2D eigenvalue weighted by atomic mass is 16.4. The molecule has 0 amide bonds. The number of carboxylic acid groups (broad SMARTS) is 1. The van der Waals surface area contributed by atoms with E-state index < -0.39 is 12.0 Å². The van der Waals surface area contributed by atoms with Crippen molar-refractivity contribution in [3.63, 3.8) is 0 Å². The number of rotatable bonds is 4. The van der Waals surface area contributed by atoms with Gasteiger partial charge in [-0.25, -0.2) is 4.79 Å². The number of nitrogens with zero attached hydrogens (tertiary/aromatic N) is 1. The summed E-state index contributed by atoms with van der Waals surface area (Å²) in [6, 6.07) is 7.40. The average molecular weight is 207 g/mol. The van der Waals surface area contributed by atoms with Gasteiger partial charge in [0.15, 0.2) is 0 Å². The molecule has 0 bridgehead atoms. The maximum Gasteiger partial charge on any atom is 0.326 e. The van der Waals surface area contributed by atoms with E-state index in [0.717, 1.165) is 11.3 Å². The second-order valence-corrected chi connectivity index (χ2v) is 3.64. The molecule has 0 fully saturated rings. The lowest BCUT2D eigenvalue weighted by molar-refractivity contribution is -0.138. The third kappa shape index (κ3) is 2.72. The zero-order chi connectivity index (χ0) is 11.4. The lowest BCUT2D eigenvalue weighted by Gasteiger charge is -2.27. The molecule has 0 aliphatic rings. The minimum Gasteiger partial charge on any atom is -0.480 e. The van der Waals surface area contributed by atoms with Crippen LogP contribution in [0, 0.1) is 6.92 Å². The van der Waals surface area contributed by atoms with E-state index in [4.69, 9.17) is 5.11 Å². The molecule has 0 saturated carbocycles. The summed E-state index contributed by atoms with van der Waals surface area (Å²) in [5.74, 6) is -0.793. The Morgan fingerprint density at radius 2 is 2.20 bits per heavy atom. The number of likely N-dealkylation sites (N-methyl/N-ethyl adjacent to an activating group) is 1.